The molecule has 0 aliphatic heterocycles. The first-order valence-corrected chi connectivity index (χ1v) is 8.05. The van der Waals surface area contributed by atoms with Gasteiger partial charge in [0.15, 0.2) is 0 Å². The van der Waals surface area contributed by atoms with Crippen LogP contribution in [0.25, 0.3) is 10.8 Å². The van der Waals surface area contributed by atoms with Crippen molar-refractivity contribution in [2.24, 2.45) is 0 Å². The number of nitrogens with one attached hydrogen (secondary N) is 1. The molecule has 0 amide bonds. The Morgan fingerprint density at radius 1 is 0.905 bits per heavy atom. The minimum Gasteiger partial charge on any atom is -0.263 e. The number of nitrogens with zero attached hydrogens (tertiary/aromatic N) is 1. The number of hydrogen-bond acceptors (Lipinski definition) is 3. The largest absolute Gasteiger partial charge is 0.263 e. The quantitative estimate of drug-likeness (QED) is 0.749. The van der Waals surface area contributed by atoms with Crippen LogP contribution >= 0.6 is 11.6 Å². The van der Waals surface area contributed by atoms with Crippen molar-refractivity contribution in [3.05, 3.63) is 65.8 Å². The van der Waals surface area contributed by atoms with E-state index in [1.807, 2.05) is 18.2 Å². The summed E-state index contributed by atoms with van der Waals surface area (Å²) in [4.78, 5) is 4.15. The summed E-state index contributed by atoms with van der Waals surface area (Å²) in [5.41, 5.74) is 0. The van der Waals surface area contributed by atoms with Crippen molar-refractivity contribution in [1.29, 1.82) is 0 Å². The van der Waals surface area contributed by atoms with Crippen molar-refractivity contribution < 1.29 is 8.42 Å². The molecule has 0 unspecified atom stereocenters. The number of hydrogen-bond donors (Lipinski definition) is 1. The Morgan fingerprint density at radius 3 is 2.43 bits per heavy atom. The van der Waals surface area contributed by atoms with Crippen LogP contribution in [0.4, 0.5) is 5.82 Å². The van der Waals surface area contributed by atoms with Crippen LogP contribution in [0.1, 0.15) is 0 Å². The molecule has 106 valence electrons. The summed E-state index contributed by atoms with van der Waals surface area (Å²) in [7, 11) is -3.73. The van der Waals surface area contributed by atoms with Crippen molar-refractivity contribution in [3.63, 3.8) is 0 Å². The van der Waals surface area contributed by atoms with Gasteiger partial charge in [-0.2, -0.15) is 0 Å². The number of halogens is 1. The number of rotatable bonds is 3. The highest BCUT2D eigenvalue weighted by molar-refractivity contribution is 7.93. The molecule has 4 nitrogen and oxygen atoms in total. The van der Waals surface area contributed by atoms with E-state index >= 15 is 0 Å². The summed E-state index contributed by atoms with van der Waals surface area (Å²) in [6.45, 7) is 0. The Hall–Kier alpha value is -2.11. The molecule has 0 saturated heterocycles. The van der Waals surface area contributed by atoms with E-state index in [0.29, 0.717) is 5.39 Å². The number of anilines is 1. The lowest BCUT2D eigenvalue weighted by Gasteiger charge is -2.10. The van der Waals surface area contributed by atoms with Crippen LogP contribution < -0.4 is 4.72 Å². The molecule has 0 saturated carbocycles. The average Bonchev–Trinajstić information content (AvgIpc) is 2.46. The maximum Gasteiger partial charge on any atom is 0.263 e. The van der Waals surface area contributed by atoms with Gasteiger partial charge in [0.2, 0.25) is 0 Å². The fourth-order valence-corrected chi connectivity index (χ4v) is 3.48. The molecule has 0 radical (unpaired) electrons. The minimum absolute atomic E-state index is 0.190. The van der Waals surface area contributed by atoms with E-state index in [9.17, 15) is 8.42 Å². The van der Waals surface area contributed by atoms with E-state index in [4.69, 9.17) is 11.6 Å². The minimum atomic E-state index is -3.73. The van der Waals surface area contributed by atoms with Crippen molar-refractivity contribution in [1.82, 2.24) is 4.98 Å². The molecular formula is C15H11ClN2O2S. The molecule has 2 aromatic carbocycles. The first-order chi connectivity index (χ1) is 10.1. The van der Waals surface area contributed by atoms with E-state index in [1.54, 1.807) is 42.5 Å². The van der Waals surface area contributed by atoms with Gasteiger partial charge >= 0.3 is 0 Å². The van der Waals surface area contributed by atoms with E-state index < -0.39 is 10.0 Å². The number of pyridine rings is 1. The normalized spacial score (nSPS) is 11.5. The second-order valence-corrected chi connectivity index (χ2v) is 6.47. The zero-order valence-corrected chi connectivity index (χ0v) is 12.4. The number of fused-ring (bicyclic) bond motifs is 1. The third kappa shape index (κ3) is 2.84. The predicted molar refractivity (Wildman–Crippen MR) is 84.0 cm³/mol. The summed E-state index contributed by atoms with van der Waals surface area (Å²) < 4.78 is 27.5. The van der Waals surface area contributed by atoms with E-state index in [0.717, 1.165) is 5.39 Å². The summed E-state index contributed by atoms with van der Waals surface area (Å²) in [5, 5.41) is 1.75. The lowest BCUT2D eigenvalue weighted by atomic mass is 10.1. The standard InChI is InChI=1S/C15H11ClN2O2S/c16-14-9-4-10-15(17-14)18-21(19,20)13-8-3-6-11-5-1-2-7-12(11)13/h1-10H,(H,17,18). The summed E-state index contributed by atoms with van der Waals surface area (Å²) >= 11 is 5.77. The van der Waals surface area contributed by atoms with Crippen LogP contribution in [-0.2, 0) is 10.0 Å². The maximum absolute atomic E-state index is 12.5. The van der Waals surface area contributed by atoms with Crippen LogP contribution in [0.15, 0.2) is 65.6 Å². The molecule has 1 N–H and O–H groups in total. The monoisotopic (exact) mass is 318 g/mol. The third-order valence-electron chi connectivity index (χ3n) is 2.99. The van der Waals surface area contributed by atoms with Crippen LogP contribution in [0.3, 0.4) is 0 Å². The highest BCUT2D eigenvalue weighted by atomic mass is 35.5. The van der Waals surface area contributed by atoms with Gasteiger partial charge < -0.3 is 0 Å². The zero-order chi connectivity index (χ0) is 14.9. The highest BCUT2D eigenvalue weighted by Gasteiger charge is 2.17. The number of benzene rings is 2. The fourth-order valence-electron chi connectivity index (χ4n) is 2.09. The Bertz CT molecular complexity index is 905. The van der Waals surface area contributed by atoms with Crippen molar-refractivity contribution in [3.8, 4) is 0 Å². The SMILES string of the molecule is O=S(=O)(Nc1cccc(Cl)n1)c1cccc2ccccc12. The smallest absolute Gasteiger partial charge is 0.263 e. The first-order valence-electron chi connectivity index (χ1n) is 6.19. The van der Waals surface area contributed by atoms with Gasteiger partial charge in [0, 0.05) is 5.39 Å². The lowest BCUT2D eigenvalue weighted by molar-refractivity contribution is 0.602. The molecule has 1 heterocycles. The molecular weight excluding hydrogens is 308 g/mol. The predicted octanol–water partition coefficient (Wildman–Crippen LogP) is 3.69. The van der Waals surface area contributed by atoms with E-state index in [1.165, 1.54) is 0 Å². The highest BCUT2D eigenvalue weighted by Crippen LogP contribution is 2.24. The van der Waals surface area contributed by atoms with Gasteiger partial charge in [-0.15, -0.1) is 0 Å². The Balaban J connectivity index is 2.09. The van der Waals surface area contributed by atoms with Gasteiger partial charge in [0.25, 0.3) is 10.0 Å². The molecule has 0 atom stereocenters. The van der Waals surface area contributed by atoms with Crippen LogP contribution in [0.5, 0.6) is 0 Å². The maximum atomic E-state index is 12.5. The van der Waals surface area contributed by atoms with Gasteiger partial charge in [0.1, 0.15) is 11.0 Å². The Kier molecular flexibility index (Phi) is 3.53. The molecule has 6 heteroatoms. The molecule has 0 bridgehead atoms. The molecule has 3 aromatic rings. The lowest BCUT2D eigenvalue weighted by Crippen LogP contribution is -2.14. The molecule has 0 aliphatic rings. The fraction of sp³-hybridized carbons (Fsp3) is 0. The summed E-state index contributed by atoms with van der Waals surface area (Å²) in [5.74, 6) is 0.190. The second-order valence-electron chi connectivity index (χ2n) is 4.43. The molecule has 0 aliphatic carbocycles. The Morgan fingerprint density at radius 2 is 1.62 bits per heavy atom. The van der Waals surface area contributed by atoms with Crippen LogP contribution in [0, 0.1) is 0 Å². The van der Waals surface area contributed by atoms with E-state index in [-0.39, 0.29) is 15.9 Å². The van der Waals surface area contributed by atoms with E-state index in [2.05, 4.69) is 9.71 Å². The van der Waals surface area contributed by atoms with Gasteiger partial charge in [-0.05, 0) is 23.6 Å². The number of sulfonamides is 1. The van der Waals surface area contributed by atoms with Crippen molar-refractivity contribution in [2.45, 2.75) is 4.90 Å². The third-order valence-corrected chi connectivity index (χ3v) is 4.62. The van der Waals surface area contributed by atoms with Crippen LogP contribution in [0.2, 0.25) is 5.15 Å². The molecule has 0 fully saturated rings. The van der Waals surface area contributed by atoms with Crippen LogP contribution in [-0.4, -0.2) is 13.4 Å². The Labute approximate surface area is 127 Å². The van der Waals surface area contributed by atoms with Gasteiger partial charge in [-0.25, -0.2) is 13.4 Å². The molecule has 0 spiro atoms. The number of aromatic nitrogens is 1. The summed E-state index contributed by atoms with van der Waals surface area (Å²) in [6, 6.07) is 17.2. The van der Waals surface area contributed by atoms with Crippen molar-refractivity contribution >= 4 is 38.2 Å². The van der Waals surface area contributed by atoms with Crippen molar-refractivity contribution in [2.75, 3.05) is 4.72 Å². The molecule has 3 rings (SSSR count). The van der Waals surface area contributed by atoms with Gasteiger partial charge in [-0.1, -0.05) is 54.1 Å². The molecule has 1 aromatic heterocycles. The average molecular weight is 319 g/mol. The van der Waals surface area contributed by atoms with Gasteiger partial charge in [-0.3, -0.25) is 4.72 Å². The van der Waals surface area contributed by atoms with Gasteiger partial charge in [0.05, 0.1) is 4.90 Å². The summed E-state index contributed by atoms with van der Waals surface area (Å²) in [6.07, 6.45) is 0. The topological polar surface area (TPSA) is 59.1 Å². The zero-order valence-electron chi connectivity index (χ0n) is 10.8. The second kappa shape index (κ2) is 5.35. The first kappa shape index (κ1) is 13.9. The molecule has 21 heavy (non-hydrogen) atoms.